The maximum Gasteiger partial charge on any atom is 0.274 e. The van der Waals surface area contributed by atoms with Crippen molar-refractivity contribution in [2.24, 2.45) is 5.10 Å². The van der Waals surface area contributed by atoms with Crippen LogP contribution in [-0.4, -0.2) is 21.6 Å². The van der Waals surface area contributed by atoms with E-state index in [9.17, 15) is 4.79 Å². The number of aromatic nitrogens is 2. The lowest BCUT2D eigenvalue weighted by atomic mass is 10.2. The third-order valence-corrected chi connectivity index (χ3v) is 2.64. The van der Waals surface area contributed by atoms with Gasteiger partial charge in [0.1, 0.15) is 17.8 Å². The van der Waals surface area contributed by atoms with Crippen LogP contribution in [-0.2, 0) is 0 Å². The average molecular weight is 305 g/mol. The molecule has 2 aromatic heterocycles. The number of pyridine rings is 2. The Hall–Kier alpha value is -3.78. The molecular formula is C15H11N7O. The number of carbonyl (C=O) groups is 1. The number of anilines is 2. The lowest BCUT2D eigenvalue weighted by Crippen LogP contribution is -2.13. The van der Waals surface area contributed by atoms with E-state index in [1.807, 2.05) is 6.92 Å². The Morgan fingerprint density at radius 1 is 1.17 bits per heavy atom. The zero-order chi connectivity index (χ0) is 16.7. The summed E-state index contributed by atoms with van der Waals surface area (Å²) in [5, 5.41) is 23.4. The van der Waals surface area contributed by atoms with Crippen molar-refractivity contribution in [1.82, 2.24) is 9.97 Å². The van der Waals surface area contributed by atoms with E-state index >= 15 is 0 Å². The highest BCUT2D eigenvalue weighted by Crippen LogP contribution is 2.11. The van der Waals surface area contributed by atoms with E-state index in [1.165, 1.54) is 12.3 Å². The molecule has 0 fully saturated rings. The lowest BCUT2D eigenvalue weighted by molar-refractivity contribution is 0.102. The van der Waals surface area contributed by atoms with Crippen LogP contribution in [0.2, 0.25) is 0 Å². The predicted molar refractivity (Wildman–Crippen MR) is 83.4 cm³/mol. The van der Waals surface area contributed by atoms with Crippen molar-refractivity contribution in [2.45, 2.75) is 6.92 Å². The summed E-state index contributed by atoms with van der Waals surface area (Å²) in [6, 6.07) is 8.09. The minimum absolute atomic E-state index is 0.210. The fourth-order valence-electron chi connectivity index (χ4n) is 1.61. The second-order valence-electron chi connectivity index (χ2n) is 4.43. The van der Waals surface area contributed by atoms with E-state index < -0.39 is 0 Å². The van der Waals surface area contributed by atoms with Gasteiger partial charge in [0.25, 0.3) is 5.91 Å². The quantitative estimate of drug-likeness (QED) is 0.655. The molecule has 0 aliphatic heterocycles. The molecule has 0 bridgehead atoms. The van der Waals surface area contributed by atoms with E-state index in [0.717, 1.165) is 5.56 Å². The van der Waals surface area contributed by atoms with Gasteiger partial charge in [0.05, 0.1) is 23.8 Å². The average Bonchev–Trinajstić information content (AvgIpc) is 2.56. The van der Waals surface area contributed by atoms with Crippen LogP contribution in [0.25, 0.3) is 0 Å². The summed E-state index contributed by atoms with van der Waals surface area (Å²) >= 11 is 0. The van der Waals surface area contributed by atoms with Crippen molar-refractivity contribution in [3.8, 4) is 12.1 Å². The molecule has 0 spiro atoms. The standard InChI is InChI=1S/C15H11N7O/c1-10-4-12(8-18-7-10)20-15(23)14-3-2-11(9-19-14)21-22-13(5-16)6-17/h2-4,7-9,21H,1H3,(H,20,23). The topological polar surface area (TPSA) is 127 Å². The molecule has 2 N–H and O–H groups in total. The molecule has 2 aromatic rings. The molecule has 0 aliphatic rings. The number of aryl methyl sites for hydroxylation is 1. The van der Waals surface area contributed by atoms with E-state index in [2.05, 4.69) is 25.8 Å². The normalized spacial score (nSPS) is 9.17. The molecular weight excluding hydrogens is 294 g/mol. The molecule has 0 unspecified atom stereocenters. The highest BCUT2D eigenvalue weighted by molar-refractivity contribution is 6.10. The van der Waals surface area contributed by atoms with Gasteiger partial charge in [-0.15, -0.1) is 0 Å². The maximum absolute atomic E-state index is 12.1. The second-order valence-corrected chi connectivity index (χ2v) is 4.43. The van der Waals surface area contributed by atoms with Gasteiger partial charge in [0.15, 0.2) is 0 Å². The van der Waals surface area contributed by atoms with Crippen LogP contribution >= 0.6 is 0 Å². The fraction of sp³-hybridized carbons (Fsp3) is 0.0667. The highest BCUT2D eigenvalue weighted by atomic mass is 16.1. The van der Waals surface area contributed by atoms with Crippen LogP contribution in [0.15, 0.2) is 41.9 Å². The largest absolute Gasteiger partial charge is 0.319 e. The van der Waals surface area contributed by atoms with E-state index in [4.69, 9.17) is 10.5 Å². The summed E-state index contributed by atoms with van der Waals surface area (Å²) in [5.74, 6) is -0.373. The third kappa shape index (κ3) is 4.34. The second kappa shape index (κ2) is 7.29. The van der Waals surface area contributed by atoms with Gasteiger partial charge in [-0.3, -0.25) is 15.2 Å². The lowest BCUT2D eigenvalue weighted by Gasteiger charge is -2.05. The van der Waals surface area contributed by atoms with Gasteiger partial charge in [0.2, 0.25) is 5.71 Å². The minimum Gasteiger partial charge on any atom is -0.319 e. The van der Waals surface area contributed by atoms with Gasteiger partial charge in [-0.05, 0) is 30.7 Å². The Morgan fingerprint density at radius 2 is 1.96 bits per heavy atom. The van der Waals surface area contributed by atoms with Crippen LogP contribution < -0.4 is 10.7 Å². The summed E-state index contributed by atoms with van der Waals surface area (Å²) < 4.78 is 0. The SMILES string of the molecule is Cc1cncc(NC(=O)c2ccc(NN=C(C#N)C#N)cn2)c1. The zero-order valence-corrected chi connectivity index (χ0v) is 12.1. The number of carbonyl (C=O) groups excluding carboxylic acids is 1. The number of nitrogens with zero attached hydrogens (tertiary/aromatic N) is 5. The first-order chi connectivity index (χ1) is 11.1. The molecule has 8 nitrogen and oxygen atoms in total. The van der Waals surface area contributed by atoms with E-state index in [-0.39, 0.29) is 17.3 Å². The molecule has 0 aromatic carbocycles. The van der Waals surface area contributed by atoms with Gasteiger partial charge in [-0.1, -0.05) is 0 Å². The summed E-state index contributed by atoms with van der Waals surface area (Å²) in [5.41, 5.74) is 4.37. The maximum atomic E-state index is 12.1. The fourth-order valence-corrected chi connectivity index (χ4v) is 1.61. The number of nitrogens with one attached hydrogen (secondary N) is 2. The molecule has 0 aliphatic carbocycles. The highest BCUT2D eigenvalue weighted by Gasteiger charge is 2.08. The summed E-state index contributed by atoms with van der Waals surface area (Å²) in [4.78, 5) is 20.0. The monoisotopic (exact) mass is 305 g/mol. The number of hydrogen-bond acceptors (Lipinski definition) is 7. The molecule has 1 amide bonds. The first kappa shape index (κ1) is 15.6. The molecule has 8 heteroatoms. The van der Waals surface area contributed by atoms with Crippen molar-refractivity contribution in [1.29, 1.82) is 10.5 Å². The Labute approximate surface area is 132 Å². The Morgan fingerprint density at radius 3 is 2.57 bits per heavy atom. The predicted octanol–water partition coefficient (Wildman–Crippen LogP) is 1.85. The van der Waals surface area contributed by atoms with Crippen molar-refractivity contribution in [3.63, 3.8) is 0 Å². The van der Waals surface area contributed by atoms with Crippen LogP contribution in [0, 0.1) is 29.6 Å². The number of amides is 1. The van der Waals surface area contributed by atoms with Gasteiger partial charge >= 0.3 is 0 Å². The molecule has 0 saturated heterocycles. The molecule has 0 atom stereocenters. The number of hydrazone groups is 1. The van der Waals surface area contributed by atoms with Crippen LogP contribution in [0.4, 0.5) is 11.4 Å². The van der Waals surface area contributed by atoms with Gasteiger partial charge in [0, 0.05) is 6.20 Å². The Bertz CT molecular complexity index is 812. The summed E-state index contributed by atoms with van der Waals surface area (Å²) in [6.45, 7) is 1.87. The Balaban J connectivity index is 2.05. The van der Waals surface area contributed by atoms with Crippen molar-refractivity contribution >= 4 is 23.0 Å². The van der Waals surface area contributed by atoms with Crippen LogP contribution in [0.3, 0.4) is 0 Å². The Kier molecular flexibility index (Phi) is 4.95. The van der Waals surface area contributed by atoms with Gasteiger partial charge < -0.3 is 5.32 Å². The summed E-state index contributed by atoms with van der Waals surface area (Å²) in [6.07, 6.45) is 4.60. The van der Waals surface area contributed by atoms with Crippen LogP contribution in [0.5, 0.6) is 0 Å². The first-order valence-corrected chi connectivity index (χ1v) is 6.45. The summed E-state index contributed by atoms with van der Waals surface area (Å²) in [7, 11) is 0. The molecule has 2 heterocycles. The molecule has 0 radical (unpaired) electrons. The van der Waals surface area contributed by atoms with E-state index in [0.29, 0.717) is 11.4 Å². The molecule has 23 heavy (non-hydrogen) atoms. The molecule has 112 valence electrons. The van der Waals surface area contributed by atoms with Gasteiger partial charge in [-0.25, -0.2) is 4.98 Å². The zero-order valence-electron chi connectivity index (χ0n) is 12.1. The van der Waals surface area contributed by atoms with Gasteiger partial charge in [-0.2, -0.15) is 15.6 Å². The van der Waals surface area contributed by atoms with Crippen molar-refractivity contribution in [3.05, 3.63) is 48.0 Å². The minimum atomic E-state index is -0.373. The first-order valence-electron chi connectivity index (χ1n) is 6.45. The molecule has 0 saturated carbocycles. The number of rotatable bonds is 4. The third-order valence-electron chi connectivity index (χ3n) is 2.64. The van der Waals surface area contributed by atoms with Crippen LogP contribution in [0.1, 0.15) is 16.1 Å². The number of hydrogen-bond donors (Lipinski definition) is 2. The molecule has 2 rings (SSSR count). The van der Waals surface area contributed by atoms with Crippen molar-refractivity contribution in [2.75, 3.05) is 10.7 Å². The smallest absolute Gasteiger partial charge is 0.274 e. The van der Waals surface area contributed by atoms with E-state index in [1.54, 1.807) is 36.7 Å². The van der Waals surface area contributed by atoms with Crippen molar-refractivity contribution < 1.29 is 4.79 Å². The number of nitriles is 2.